The van der Waals surface area contributed by atoms with E-state index in [9.17, 15) is 19.1 Å². The van der Waals surface area contributed by atoms with E-state index in [4.69, 9.17) is 11.6 Å². The van der Waals surface area contributed by atoms with Crippen molar-refractivity contribution in [1.82, 2.24) is 4.90 Å². The van der Waals surface area contributed by atoms with E-state index >= 15 is 0 Å². The second-order valence-corrected chi connectivity index (χ2v) is 5.27. The third-order valence-electron chi connectivity index (χ3n) is 3.54. The molecule has 2 N–H and O–H groups in total. The number of aliphatic carboxylic acids is 1. The molecule has 20 heavy (non-hydrogen) atoms. The summed E-state index contributed by atoms with van der Waals surface area (Å²) in [7, 11) is 0. The third-order valence-corrected chi connectivity index (χ3v) is 3.86. The lowest BCUT2D eigenvalue weighted by molar-refractivity contribution is -0.146. The molecule has 0 spiro atoms. The van der Waals surface area contributed by atoms with Gasteiger partial charge >= 0.3 is 12.0 Å². The van der Waals surface area contributed by atoms with Crippen LogP contribution >= 0.6 is 11.6 Å². The average Bonchev–Trinajstić information content (AvgIpc) is 2.77. The normalized spacial score (nSPS) is 21.9. The molecule has 0 aromatic heterocycles. The molecule has 1 aliphatic rings. The van der Waals surface area contributed by atoms with Crippen LogP contribution in [0.15, 0.2) is 18.2 Å². The number of hydrogen-bond acceptors (Lipinski definition) is 2. The van der Waals surface area contributed by atoms with Crippen LogP contribution in [0.1, 0.15) is 19.8 Å². The zero-order chi connectivity index (χ0) is 14.9. The van der Waals surface area contributed by atoms with E-state index in [0.29, 0.717) is 19.4 Å². The summed E-state index contributed by atoms with van der Waals surface area (Å²) in [5.41, 5.74) is -1.42. The number of benzene rings is 1. The molecule has 7 heteroatoms. The highest BCUT2D eigenvalue weighted by atomic mass is 35.5. The van der Waals surface area contributed by atoms with Crippen molar-refractivity contribution >= 4 is 29.3 Å². The first kappa shape index (κ1) is 14.6. The molecule has 2 amide bonds. The van der Waals surface area contributed by atoms with Crippen LogP contribution in [-0.4, -0.2) is 34.1 Å². The molecule has 0 bridgehead atoms. The van der Waals surface area contributed by atoms with Crippen LogP contribution in [0.4, 0.5) is 14.9 Å². The van der Waals surface area contributed by atoms with Crippen molar-refractivity contribution in [2.45, 2.75) is 25.3 Å². The Balaban J connectivity index is 2.23. The quantitative estimate of drug-likeness (QED) is 0.882. The standard InChI is InChI=1S/C13H14ClFN2O3/c1-13(11(18)19)6-3-7-17(13)12(20)16-10-8(14)4-2-5-9(10)15/h2,4-5H,3,6-7H2,1H3,(H,16,20)(H,18,19). The van der Waals surface area contributed by atoms with Crippen LogP contribution < -0.4 is 5.32 Å². The molecular weight excluding hydrogens is 287 g/mol. The highest BCUT2D eigenvalue weighted by molar-refractivity contribution is 6.33. The molecule has 1 heterocycles. The first-order valence-electron chi connectivity index (χ1n) is 6.12. The maximum Gasteiger partial charge on any atom is 0.329 e. The first-order chi connectivity index (χ1) is 9.36. The van der Waals surface area contributed by atoms with Gasteiger partial charge in [0.1, 0.15) is 11.4 Å². The molecule has 2 rings (SSSR count). The fraction of sp³-hybridized carbons (Fsp3) is 0.385. The Morgan fingerprint density at radius 2 is 2.20 bits per heavy atom. The number of halogens is 2. The van der Waals surface area contributed by atoms with Gasteiger partial charge in [0.25, 0.3) is 0 Å². The second-order valence-electron chi connectivity index (χ2n) is 4.86. The number of amides is 2. The molecule has 1 aromatic rings. The molecule has 1 fully saturated rings. The molecule has 0 saturated carbocycles. The molecule has 1 aliphatic heterocycles. The lowest BCUT2D eigenvalue weighted by Crippen LogP contribution is -2.52. The van der Waals surface area contributed by atoms with Gasteiger partial charge in [0.05, 0.1) is 10.7 Å². The summed E-state index contributed by atoms with van der Waals surface area (Å²) >= 11 is 5.82. The number of rotatable bonds is 2. The number of para-hydroxylation sites is 1. The van der Waals surface area contributed by atoms with E-state index in [1.54, 1.807) is 0 Å². The Morgan fingerprint density at radius 3 is 2.80 bits per heavy atom. The number of carboxylic acid groups (broad SMARTS) is 1. The number of anilines is 1. The molecule has 1 saturated heterocycles. The summed E-state index contributed by atoms with van der Waals surface area (Å²) < 4.78 is 13.6. The fourth-order valence-electron chi connectivity index (χ4n) is 2.30. The van der Waals surface area contributed by atoms with Crippen molar-refractivity contribution in [1.29, 1.82) is 0 Å². The monoisotopic (exact) mass is 300 g/mol. The molecule has 108 valence electrons. The van der Waals surface area contributed by atoms with Crippen LogP contribution in [0.25, 0.3) is 0 Å². The van der Waals surface area contributed by atoms with Crippen LogP contribution in [0, 0.1) is 5.82 Å². The maximum atomic E-state index is 13.6. The van der Waals surface area contributed by atoms with E-state index in [1.807, 2.05) is 0 Å². The van der Waals surface area contributed by atoms with Gasteiger partial charge in [0.15, 0.2) is 0 Å². The van der Waals surface area contributed by atoms with Gasteiger partial charge < -0.3 is 15.3 Å². The Hall–Kier alpha value is -1.82. The second kappa shape index (κ2) is 5.28. The number of urea groups is 1. The predicted molar refractivity (Wildman–Crippen MR) is 72.4 cm³/mol. The van der Waals surface area contributed by atoms with E-state index in [1.165, 1.54) is 30.0 Å². The average molecular weight is 301 g/mol. The van der Waals surface area contributed by atoms with Crippen molar-refractivity contribution in [3.8, 4) is 0 Å². The number of carbonyl (C=O) groups is 2. The molecule has 5 nitrogen and oxygen atoms in total. The van der Waals surface area contributed by atoms with E-state index in [0.717, 1.165) is 0 Å². The molecule has 0 aliphatic carbocycles. The van der Waals surface area contributed by atoms with E-state index in [-0.39, 0.29) is 10.7 Å². The molecule has 0 radical (unpaired) electrons. The van der Waals surface area contributed by atoms with Crippen LogP contribution in [0.3, 0.4) is 0 Å². The van der Waals surface area contributed by atoms with Gasteiger partial charge in [0, 0.05) is 6.54 Å². The lowest BCUT2D eigenvalue weighted by Gasteiger charge is -2.31. The summed E-state index contributed by atoms with van der Waals surface area (Å²) in [6, 6.07) is 3.37. The Bertz CT molecular complexity index is 546. The summed E-state index contributed by atoms with van der Waals surface area (Å²) in [5.74, 6) is -1.74. The molecule has 1 aromatic carbocycles. The number of carbonyl (C=O) groups excluding carboxylic acids is 1. The zero-order valence-corrected chi connectivity index (χ0v) is 11.6. The van der Waals surface area contributed by atoms with Crippen LogP contribution in [0.2, 0.25) is 5.02 Å². The SMILES string of the molecule is CC1(C(=O)O)CCCN1C(=O)Nc1c(F)cccc1Cl. The summed E-state index contributed by atoms with van der Waals surface area (Å²) in [5, 5.41) is 11.7. The maximum absolute atomic E-state index is 13.6. The smallest absolute Gasteiger partial charge is 0.329 e. The highest BCUT2D eigenvalue weighted by Gasteiger charge is 2.46. The van der Waals surface area contributed by atoms with Gasteiger partial charge in [-0.1, -0.05) is 17.7 Å². The first-order valence-corrected chi connectivity index (χ1v) is 6.50. The van der Waals surface area contributed by atoms with Crippen molar-refractivity contribution in [3.05, 3.63) is 29.0 Å². The minimum absolute atomic E-state index is 0.0644. The molecular formula is C13H14ClFN2O3. The minimum Gasteiger partial charge on any atom is -0.480 e. The predicted octanol–water partition coefficient (Wildman–Crippen LogP) is 2.95. The van der Waals surface area contributed by atoms with Gasteiger partial charge in [-0.15, -0.1) is 0 Å². The van der Waals surface area contributed by atoms with Gasteiger partial charge in [-0.25, -0.2) is 14.0 Å². The Morgan fingerprint density at radius 1 is 1.50 bits per heavy atom. The van der Waals surface area contributed by atoms with Gasteiger partial charge in [0.2, 0.25) is 0 Å². The Labute approximate surface area is 120 Å². The fourth-order valence-corrected chi connectivity index (χ4v) is 2.51. The number of hydrogen-bond donors (Lipinski definition) is 2. The van der Waals surface area contributed by atoms with Crippen molar-refractivity contribution < 1.29 is 19.1 Å². The summed E-state index contributed by atoms with van der Waals surface area (Å²) in [4.78, 5) is 24.7. The van der Waals surface area contributed by atoms with Crippen molar-refractivity contribution in [2.24, 2.45) is 0 Å². The molecule has 1 atom stereocenters. The van der Waals surface area contributed by atoms with Crippen LogP contribution in [-0.2, 0) is 4.79 Å². The van der Waals surface area contributed by atoms with Gasteiger partial charge in [-0.05, 0) is 31.9 Å². The minimum atomic E-state index is -1.28. The van der Waals surface area contributed by atoms with Crippen molar-refractivity contribution in [2.75, 3.05) is 11.9 Å². The largest absolute Gasteiger partial charge is 0.480 e. The number of nitrogens with zero attached hydrogens (tertiary/aromatic N) is 1. The number of nitrogens with one attached hydrogen (secondary N) is 1. The van der Waals surface area contributed by atoms with Crippen molar-refractivity contribution in [3.63, 3.8) is 0 Å². The lowest BCUT2D eigenvalue weighted by atomic mass is 10.00. The highest BCUT2D eigenvalue weighted by Crippen LogP contribution is 2.31. The third kappa shape index (κ3) is 2.43. The Kier molecular flexibility index (Phi) is 3.85. The number of carboxylic acids is 1. The van der Waals surface area contributed by atoms with Gasteiger partial charge in [-0.3, -0.25) is 0 Å². The summed E-state index contributed by atoms with van der Waals surface area (Å²) in [6.07, 6.45) is 0.946. The van der Waals surface area contributed by atoms with E-state index in [2.05, 4.69) is 5.32 Å². The van der Waals surface area contributed by atoms with Gasteiger partial charge in [-0.2, -0.15) is 0 Å². The van der Waals surface area contributed by atoms with Crippen LogP contribution in [0.5, 0.6) is 0 Å². The molecule has 1 unspecified atom stereocenters. The topological polar surface area (TPSA) is 69.6 Å². The zero-order valence-electron chi connectivity index (χ0n) is 10.8. The van der Waals surface area contributed by atoms with E-state index < -0.39 is 23.4 Å². The summed E-state index contributed by atoms with van der Waals surface area (Å²) in [6.45, 7) is 1.78. The number of likely N-dealkylation sites (tertiary alicyclic amines) is 1.